The first kappa shape index (κ1) is 32.8. The Morgan fingerprint density at radius 1 is 0.755 bits per heavy atom. The van der Waals surface area contributed by atoms with E-state index in [1.54, 1.807) is 23.3 Å². The molecule has 2 fully saturated rings. The first-order chi connectivity index (χ1) is 24.1. The van der Waals surface area contributed by atoms with Crippen LogP contribution in [0.25, 0.3) is 20.5 Å². The van der Waals surface area contributed by atoms with Crippen molar-refractivity contribution in [2.45, 2.75) is 25.9 Å². The molecule has 8 nitrogen and oxygen atoms in total. The molecule has 0 bridgehead atoms. The topological polar surface area (TPSA) is 72.5 Å². The summed E-state index contributed by atoms with van der Waals surface area (Å²) in [5.74, 6) is 3.10. The summed E-state index contributed by atoms with van der Waals surface area (Å²) in [5.41, 5.74) is 4.68. The van der Waals surface area contributed by atoms with Gasteiger partial charge in [-0.2, -0.15) is 0 Å². The molecule has 2 aliphatic heterocycles. The SMILES string of the molecule is COc1cc(Cc2c(-c3ccc(OCCN4CCCC4)cc3)sc3cc(OCc4ccccc4)ccc23)ccc1OCCN1CCNC1=O. The number of carbonyl (C=O) groups excluding carboxylic acids is 1. The van der Waals surface area contributed by atoms with Gasteiger partial charge in [-0.05, 0) is 115 Å². The van der Waals surface area contributed by atoms with Crippen LogP contribution in [0, 0.1) is 0 Å². The van der Waals surface area contributed by atoms with E-state index in [9.17, 15) is 4.79 Å². The molecule has 3 heterocycles. The highest BCUT2D eigenvalue weighted by Crippen LogP contribution is 2.42. The number of methoxy groups -OCH3 is 1. The third-order valence-corrected chi connectivity index (χ3v) is 10.4. The van der Waals surface area contributed by atoms with E-state index in [1.165, 1.54) is 46.5 Å². The Kier molecular flexibility index (Phi) is 10.5. The number of amides is 2. The van der Waals surface area contributed by atoms with Crippen molar-refractivity contribution >= 4 is 27.5 Å². The maximum Gasteiger partial charge on any atom is 0.317 e. The number of nitrogens with zero attached hydrogens (tertiary/aromatic N) is 2. The van der Waals surface area contributed by atoms with Gasteiger partial charge in [-0.15, -0.1) is 11.3 Å². The van der Waals surface area contributed by atoms with Crippen molar-refractivity contribution in [3.05, 3.63) is 108 Å². The summed E-state index contributed by atoms with van der Waals surface area (Å²) in [6, 6.07) is 31.3. The van der Waals surface area contributed by atoms with E-state index in [-0.39, 0.29) is 6.03 Å². The van der Waals surface area contributed by atoms with E-state index in [0.717, 1.165) is 41.2 Å². The van der Waals surface area contributed by atoms with Gasteiger partial charge < -0.3 is 29.2 Å². The van der Waals surface area contributed by atoms with Crippen LogP contribution in [0.15, 0.2) is 91.0 Å². The maximum atomic E-state index is 11.9. The minimum absolute atomic E-state index is 0.0423. The molecule has 254 valence electrons. The molecule has 0 saturated carbocycles. The number of hydrogen-bond donors (Lipinski definition) is 1. The van der Waals surface area contributed by atoms with Crippen LogP contribution in [0.5, 0.6) is 23.0 Å². The minimum atomic E-state index is -0.0423. The fourth-order valence-electron chi connectivity index (χ4n) is 6.51. The monoisotopic (exact) mass is 677 g/mol. The molecular formula is C40H43N3O5S. The van der Waals surface area contributed by atoms with Gasteiger partial charge in [0.15, 0.2) is 11.5 Å². The Morgan fingerprint density at radius 2 is 1.55 bits per heavy atom. The maximum absolute atomic E-state index is 11.9. The number of rotatable bonds is 15. The Bertz CT molecular complexity index is 1850. The van der Waals surface area contributed by atoms with E-state index in [0.29, 0.717) is 51.0 Å². The van der Waals surface area contributed by atoms with Gasteiger partial charge in [0.1, 0.15) is 31.3 Å². The molecular weight excluding hydrogens is 635 g/mol. The van der Waals surface area contributed by atoms with E-state index < -0.39 is 0 Å². The van der Waals surface area contributed by atoms with Gasteiger partial charge in [-0.1, -0.05) is 36.4 Å². The molecule has 5 aromatic rings. The summed E-state index contributed by atoms with van der Waals surface area (Å²) in [6.07, 6.45) is 3.30. The molecule has 1 N–H and O–H groups in total. The molecule has 0 unspecified atom stereocenters. The van der Waals surface area contributed by atoms with Gasteiger partial charge in [0.25, 0.3) is 0 Å². The van der Waals surface area contributed by atoms with E-state index in [4.69, 9.17) is 18.9 Å². The summed E-state index contributed by atoms with van der Waals surface area (Å²) in [7, 11) is 1.66. The molecule has 4 aromatic carbocycles. The van der Waals surface area contributed by atoms with Crippen molar-refractivity contribution in [3.8, 4) is 33.4 Å². The largest absolute Gasteiger partial charge is 0.493 e. The van der Waals surface area contributed by atoms with Crippen LogP contribution in [0.1, 0.15) is 29.5 Å². The highest BCUT2D eigenvalue weighted by atomic mass is 32.1. The standard InChI is InChI=1S/C40H43N3O5S/c1-45-37-26-30(9-16-36(37)47-24-22-43-20-17-41-40(43)44)25-35-34-15-14-33(48-28-29-7-3-2-4-8-29)27-38(34)49-39(35)31-10-12-32(13-11-31)46-23-21-42-18-5-6-19-42/h2-4,7-16,26-27H,5-6,17-25,28H2,1H3,(H,41,44). The molecule has 0 aliphatic carbocycles. The van der Waals surface area contributed by atoms with Gasteiger partial charge in [0.05, 0.1) is 13.7 Å². The highest BCUT2D eigenvalue weighted by molar-refractivity contribution is 7.22. The van der Waals surface area contributed by atoms with Crippen LogP contribution < -0.4 is 24.3 Å². The predicted octanol–water partition coefficient (Wildman–Crippen LogP) is 7.63. The molecule has 0 spiro atoms. The lowest BCUT2D eigenvalue weighted by atomic mass is 9.98. The summed E-state index contributed by atoms with van der Waals surface area (Å²) in [5, 5.41) is 4.04. The van der Waals surface area contributed by atoms with Crippen LogP contribution >= 0.6 is 11.3 Å². The van der Waals surface area contributed by atoms with Crippen molar-refractivity contribution in [2.24, 2.45) is 0 Å². The van der Waals surface area contributed by atoms with Crippen LogP contribution in [-0.4, -0.2) is 75.4 Å². The lowest BCUT2D eigenvalue weighted by Gasteiger charge is -2.16. The number of benzene rings is 4. The lowest BCUT2D eigenvalue weighted by Crippen LogP contribution is -2.31. The molecule has 0 atom stereocenters. The molecule has 1 aromatic heterocycles. The molecule has 9 heteroatoms. The summed E-state index contributed by atoms with van der Waals surface area (Å²) >= 11 is 1.79. The van der Waals surface area contributed by atoms with E-state index in [1.807, 2.05) is 24.3 Å². The summed E-state index contributed by atoms with van der Waals surface area (Å²) < 4.78 is 25.3. The number of hydrogen-bond acceptors (Lipinski definition) is 7. The van der Waals surface area contributed by atoms with Crippen LogP contribution in [0.3, 0.4) is 0 Å². The zero-order valence-electron chi connectivity index (χ0n) is 28.0. The Labute approximate surface area is 292 Å². The third-order valence-electron chi connectivity index (χ3n) is 9.18. The second-order valence-electron chi connectivity index (χ2n) is 12.5. The van der Waals surface area contributed by atoms with Gasteiger partial charge in [0, 0.05) is 29.2 Å². The fraction of sp³-hybridized carbons (Fsp3) is 0.325. The Balaban J connectivity index is 1.12. The predicted molar refractivity (Wildman–Crippen MR) is 195 cm³/mol. The van der Waals surface area contributed by atoms with E-state index >= 15 is 0 Å². The van der Waals surface area contributed by atoms with Crippen molar-refractivity contribution in [2.75, 3.05) is 59.6 Å². The van der Waals surface area contributed by atoms with Gasteiger partial charge >= 0.3 is 6.03 Å². The van der Waals surface area contributed by atoms with Crippen molar-refractivity contribution < 1.29 is 23.7 Å². The molecule has 0 radical (unpaired) electrons. The second kappa shape index (κ2) is 15.7. The number of ether oxygens (including phenoxy) is 4. The van der Waals surface area contributed by atoms with Crippen LogP contribution in [-0.2, 0) is 13.0 Å². The second-order valence-corrected chi connectivity index (χ2v) is 13.5. The first-order valence-corrected chi connectivity index (χ1v) is 17.9. The van der Waals surface area contributed by atoms with Crippen molar-refractivity contribution in [1.82, 2.24) is 15.1 Å². The average molecular weight is 678 g/mol. The number of carbonyl (C=O) groups is 1. The Morgan fingerprint density at radius 3 is 2.33 bits per heavy atom. The zero-order valence-corrected chi connectivity index (χ0v) is 28.8. The Hall–Kier alpha value is -4.73. The molecule has 2 saturated heterocycles. The zero-order chi connectivity index (χ0) is 33.4. The number of thiophene rings is 1. The number of likely N-dealkylation sites (tertiary alicyclic amines) is 1. The van der Waals surface area contributed by atoms with Crippen LogP contribution in [0.4, 0.5) is 4.79 Å². The highest BCUT2D eigenvalue weighted by Gasteiger charge is 2.20. The minimum Gasteiger partial charge on any atom is -0.493 e. The number of fused-ring (bicyclic) bond motifs is 1. The average Bonchev–Trinajstić information content (AvgIpc) is 3.89. The van der Waals surface area contributed by atoms with Gasteiger partial charge in [0.2, 0.25) is 0 Å². The molecule has 7 rings (SSSR count). The van der Waals surface area contributed by atoms with Gasteiger partial charge in [-0.25, -0.2) is 4.79 Å². The smallest absolute Gasteiger partial charge is 0.317 e. The fourth-order valence-corrected chi connectivity index (χ4v) is 7.76. The quantitative estimate of drug-likeness (QED) is 0.123. The van der Waals surface area contributed by atoms with Crippen LogP contribution in [0.2, 0.25) is 0 Å². The van der Waals surface area contributed by atoms with Crippen molar-refractivity contribution in [3.63, 3.8) is 0 Å². The molecule has 2 amide bonds. The van der Waals surface area contributed by atoms with Crippen molar-refractivity contribution in [1.29, 1.82) is 0 Å². The number of nitrogens with one attached hydrogen (secondary N) is 1. The van der Waals surface area contributed by atoms with Gasteiger partial charge in [-0.3, -0.25) is 4.90 Å². The molecule has 2 aliphatic rings. The normalized spacial score (nSPS) is 14.7. The first-order valence-electron chi connectivity index (χ1n) is 17.1. The number of urea groups is 1. The summed E-state index contributed by atoms with van der Waals surface area (Å²) in [4.78, 5) is 17.3. The third kappa shape index (κ3) is 8.12. The molecule has 49 heavy (non-hydrogen) atoms. The summed E-state index contributed by atoms with van der Waals surface area (Å²) in [6.45, 7) is 6.85. The van der Waals surface area contributed by atoms with E-state index in [2.05, 4.69) is 76.9 Å². The lowest BCUT2D eigenvalue weighted by molar-refractivity contribution is 0.201.